The van der Waals surface area contributed by atoms with Crippen molar-refractivity contribution < 1.29 is 5.11 Å². The Morgan fingerprint density at radius 2 is 1.82 bits per heavy atom. The van der Waals surface area contributed by atoms with Gasteiger partial charge in [-0.3, -0.25) is 0 Å². The van der Waals surface area contributed by atoms with Crippen molar-refractivity contribution in [1.82, 2.24) is 0 Å². The Labute approximate surface area is 103 Å². The van der Waals surface area contributed by atoms with Gasteiger partial charge in [-0.25, -0.2) is 0 Å². The van der Waals surface area contributed by atoms with Crippen LogP contribution in [0.3, 0.4) is 0 Å². The van der Waals surface area contributed by atoms with E-state index in [1.54, 1.807) is 0 Å². The van der Waals surface area contributed by atoms with Crippen LogP contribution in [-0.4, -0.2) is 11.2 Å². The quantitative estimate of drug-likeness (QED) is 0.780. The molecule has 1 unspecified atom stereocenters. The number of aliphatic hydroxyl groups excluding tert-OH is 1. The Hall–Kier alpha value is -1.30. The minimum atomic E-state index is -0.407. The average Bonchev–Trinajstić information content (AvgIpc) is 2.42. The monoisotopic (exact) mass is 228 g/mol. The van der Waals surface area contributed by atoms with Gasteiger partial charge in [0.25, 0.3) is 0 Å². The SMILES string of the molecule is C=C=C(c1ccccc1)C(O)C1CCCCC1. The molecule has 2 rings (SSSR count). The number of benzene rings is 1. The summed E-state index contributed by atoms with van der Waals surface area (Å²) in [6.45, 7) is 3.73. The highest BCUT2D eigenvalue weighted by atomic mass is 16.3. The van der Waals surface area contributed by atoms with E-state index in [0.717, 1.165) is 24.0 Å². The van der Waals surface area contributed by atoms with Crippen molar-refractivity contribution in [2.75, 3.05) is 0 Å². The van der Waals surface area contributed by atoms with Gasteiger partial charge in [0.2, 0.25) is 0 Å². The second-order valence-corrected chi connectivity index (χ2v) is 4.80. The highest BCUT2D eigenvalue weighted by Gasteiger charge is 2.25. The highest BCUT2D eigenvalue weighted by Crippen LogP contribution is 2.32. The third kappa shape index (κ3) is 2.88. The molecular weight excluding hydrogens is 208 g/mol. The van der Waals surface area contributed by atoms with Gasteiger partial charge in [-0.1, -0.05) is 56.2 Å². The van der Waals surface area contributed by atoms with Gasteiger partial charge >= 0.3 is 0 Å². The number of rotatable bonds is 3. The van der Waals surface area contributed by atoms with Crippen LogP contribution < -0.4 is 0 Å². The van der Waals surface area contributed by atoms with E-state index < -0.39 is 6.10 Å². The molecule has 0 spiro atoms. The topological polar surface area (TPSA) is 20.2 Å². The molecule has 0 bridgehead atoms. The van der Waals surface area contributed by atoms with Crippen molar-refractivity contribution in [3.63, 3.8) is 0 Å². The van der Waals surface area contributed by atoms with E-state index in [9.17, 15) is 5.11 Å². The Morgan fingerprint density at radius 3 is 2.41 bits per heavy atom. The largest absolute Gasteiger partial charge is 0.387 e. The van der Waals surface area contributed by atoms with E-state index in [2.05, 4.69) is 12.3 Å². The molecule has 1 saturated carbocycles. The van der Waals surface area contributed by atoms with Gasteiger partial charge < -0.3 is 5.11 Å². The average molecular weight is 228 g/mol. The summed E-state index contributed by atoms with van der Waals surface area (Å²) in [4.78, 5) is 0. The molecule has 0 saturated heterocycles. The molecule has 1 heteroatoms. The minimum absolute atomic E-state index is 0.383. The van der Waals surface area contributed by atoms with Gasteiger partial charge in [0.15, 0.2) is 0 Å². The van der Waals surface area contributed by atoms with Gasteiger partial charge in [-0.2, -0.15) is 0 Å². The van der Waals surface area contributed by atoms with Crippen LogP contribution >= 0.6 is 0 Å². The smallest absolute Gasteiger partial charge is 0.0895 e. The van der Waals surface area contributed by atoms with Crippen molar-refractivity contribution in [3.8, 4) is 0 Å². The van der Waals surface area contributed by atoms with Crippen molar-refractivity contribution in [3.05, 3.63) is 48.2 Å². The van der Waals surface area contributed by atoms with Gasteiger partial charge in [-0.05, 0) is 24.3 Å². The lowest BCUT2D eigenvalue weighted by molar-refractivity contribution is 0.133. The highest BCUT2D eigenvalue weighted by molar-refractivity contribution is 5.68. The van der Waals surface area contributed by atoms with Crippen LogP contribution in [0, 0.1) is 5.92 Å². The van der Waals surface area contributed by atoms with E-state index in [0.29, 0.717) is 5.92 Å². The second kappa shape index (κ2) is 5.86. The van der Waals surface area contributed by atoms with Crippen LogP contribution in [0.15, 0.2) is 42.6 Å². The molecule has 1 aromatic rings. The fourth-order valence-electron chi connectivity index (χ4n) is 2.68. The fourth-order valence-corrected chi connectivity index (χ4v) is 2.68. The first-order chi connectivity index (χ1) is 8.33. The van der Waals surface area contributed by atoms with Crippen molar-refractivity contribution >= 4 is 5.57 Å². The maximum atomic E-state index is 10.4. The molecule has 90 valence electrons. The molecule has 1 aromatic carbocycles. The zero-order chi connectivity index (χ0) is 12.1. The van der Waals surface area contributed by atoms with E-state index in [1.165, 1.54) is 19.3 Å². The minimum Gasteiger partial charge on any atom is -0.387 e. The van der Waals surface area contributed by atoms with Gasteiger partial charge in [-0.15, -0.1) is 5.73 Å². The van der Waals surface area contributed by atoms with E-state index in [1.807, 2.05) is 30.3 Å². The summed E-state index contributed by atoms with van der Waals surface area (Å²) in [7, 11) is 0. The molecular formula is C16H20O. The molecule has 0 heterocycles. The van der Waals surface area contributed by atoms with Crippen molar-refractivity contribution in [1.29, 1.82) is 0 Å². The molecule has 1 atom stereocenters. The van der Waals surface area contributed by atoms with E-state index in [-0.39, 0.29) is 0 Å². The standard InChI is InChI=1S/C16H20O/c1-2-15(13-9-5-3-6-10-13)16(17)14-11-7-4-8-12-14/h3,5-6,9-10,14,16-17H,1,4,7-8,11-12H2. The van der Waals surface area contributed by atoms with E-state index in [4.69, 9.17) is 0 Å². The Bertz CT molecular complexity index is 395. The molecule has 1 fully saturated rings. The molecule has 0 radical (unpaired) electrons. The maximum Gasteiger partial charge on any atom is 0.0895 e. The summed E-state index contributed by atoms with van der Waals surface area (Å²) >= 11 is 0. The van der Waals surface area contributed by atoms with Gasteiger partial charge in [0.05, 0.1) is 6.10 Å². The predicted octanol–water partition coefficient (Wildman–Crippen LogP) is 3.80. The molecule has 1 aliphatic rings. The van der Waals surface area contributed by atoms with Crippen LogP contribution in [0.25, 0.3) is 5.57 Å². The lowest BCUT2D eigenvalue weighted by Gasteiger charge is -2.27. The zero-order valence-electron chi connectivity index (χ0n) is 10.2. The zero-order valence-corrected chi connectivity index (χ0v) is 10.2. The summed E-state index contributed by atoms with van der Waals surface area (Å²) in [5.41, 5.74) is 4.83. The molecule has 1 N–H and O–H groups in total. The lowest BCUT2D eigenvalue weighted by Crippen LogP contribution is -2.23. The molecule has 17 heavy (non-hydrogen) atoms. The molecule has 0 aliphatic heterocycles. The summed E-state index contributed by atoms with van der Waals surface area (Å²) in [5, 5.41) is 10.4. The van der Waals surface area contributed by atoms with Crippen LogP contribution in [-0.2, 0) is 0 Å². The van der Waals surface area contributed by atoms with Crippen LogP contribution in [0.2, 0.25) is 0 Å². The summed E-state index contributed by atoms with van der Waals surface area (Å²) in [6, 6.07) is 9.98. The number of hydrogen-bond acceptors (Lipinski definition) is 1. The Kier molecular flexibility index (Phi) is 4.19. The predicted molar refractivity (Wildman–Crippen MR) is 71.6 cm³/mol. The summed E-state index contributed by atoms with van der Waals surface area (Å²) < 4.78 is 0. The summed E-state index contributed by atoms with van der Waals surface area (Å²) in [6.07, 6.45) is 5.62. The summed E-state index contributed by atoms with van der Waals surface area (Å²) in [5.74, 6) is 0.383. The van der Waals surface area contributed by atoms with Crippen molar-refractivity contribution in [2.45, 2.75) is 38.2 Å². The Balaban J connectivity index is 2.16. The fraction of sp³-hybridized carbons (Fsp3) is 0.438. The second-order valence-electron chi connectivity index (χ2n) is 4.80. The lowest BCUT2D eigenvalue weighted by atomic mass is 9.81. The van der Waals surface area contributed by atoms with Crippen molar-refractivity contribution in [2.24, 2.45) is 5.92 Å². The number of aliphatic hydroxyl groups is 1. The molecule has 1 aliphatic carbocycles. The molecule has 0 amide bonds. The van der Waals surface area contributed by atoms with E-state index >= 15 is 0 Å². The van der Waals surface area contributed by atoms with Crippen LogP contribution in [0.5, 0.6) is 0 Å². The first-order valence-electron chi connectivity index (χ1n) is 6.46. The van der Waals surface area contributed by atoms with Gasteiger partial charge in [0.1, 0.15) is 0 Å². The Morgan fingerprint density at radius 1 is 1.18 bits per heavy atom. The van der Waals surface area contributed by atoms with Crippen LogP contribution in [0.1, 0.15) is 37.7 Å². The third-order valence-corrected chi connectivity index (χ3v) is 3.67. The normalized spacial score (nSPS) is 18.4. The van der Waals surface area contributed by atoms with Crippen LogP contribution in [0.4, 0.5) is 0 Å². The first kappa shape index (κ1) is 12.2. The van der Waals surface area contributed by atoms with Gasteiger partial charge in [0, 0.05) is 5.57 Å². The number of hydrogen-bond donors (Lipinski definition) is 1. The maximum absolute atomic E-state index is 10.4. The third-order valence-electron chi connectivity index (χ3n) is 3.67. The molecule has 0 aromatic heterocycles. The molecule has 1 nitrogen and oxygen atoms in total. The first-order valence-corrected chi connectivity index (χ1v) is 6.46.